The fraction of sp³-hybridized carbons (Fsp3) is 0.409. The lowest BCUT2D eigenvalue weighted by molar-refractivity contribution is 0.0704. The molecule has 1 unspecified atom stereocenters. The average molecular weight is 377 g/mol. The first-order chi connectivity index (χ1) is 13.6. The first kappa shape index (κ1) is 18.5. The van der Waals surface area contributed by atoms with Gasteiger partial charge >= 0.3 is 0 Å². The van der Waals surface area contributed by atoms with Gasteiger partial charge in [0.1, 0.15) is 5.82 Å². The molecule has 0 aliphatic carbocycles. The van der Waals surface area contributed by atoms with E-state index in [1.807, 2.05) is 4.90 Å². The number of benzene rings is 1. The number of carbonyl (C=O) groups excluding carboxylic acids is 1. The van der Waals surface area contributed by atoms with Crippen LogP contribution in [0.25, 0.3) is 10.9 Å². The molecular weight excluding hydrogens is 350 g/mol. The number of likely N-dealkylation sites (tertiary alicyclic amines) is 1. The summed E-state index contributed by atoms with van der Waals surface area (Å²) in [5.41, 5.74) is 3.19. The van der Waals surface area contributed by atoms with Crippen molar-refractivity contribution in [3.8, 4) is 0 Å². The van der Waals surface area contributed by atoms with Crippen molar-refractivity contribution in [2.24, 2.45) is 0 Å². The molecule has 2 aromatic heterocycles. The Kier molecular flexibility index (Phi) is 5.03. The minimum atomic E-state index is 0.0308. The van der Waals surface area contributed by atoms with Crippen molar-refractivity contribution in [3.05, 3.63) is 53.9 Å². The summed E-state index contributed by atoms with van der Waals surface area (Å²) in [7, 11) is 1.78. The van der Waals surface area contributed by atoms with Gasteiger partial charge < -0.3 is 14.8 Å². The maximum Gasteiger partial charge on any atom is 0.255 e. The summed E-state index contributed by atoms with van der Waals surface area (Å²) in [4.78, 5) is 15.0. The Bertz CT molecular complexity index is 994. The molecule has 0 spiro atoms. The van der Waals surface area contributed by atoms with Crippen LogP contribution in [0, 0.1) is 0 Å². The summed E-state index contributed by atoms with van der Waals surface area (Å²) in [5, 5.41) is 12.1. The number of amides is 1. The topological polar surface area (TPSA) is 63.1 Å². The third-order valence-corrected chi connectivity index (χ3v) is 5.58. The van der Waals surface area contributed by atoms with Gasteiger partial charge in [0.25, 0.3) is 5.91 Å². The molecule has 1 amide bonds. The van der Waals surface area contributed by atoms with E-state index in [1.165, 1.54) is 16.6 Å². The minimum absolute atomic E-state index is 0.0308. The average Bonchev–Trinajstić information content (AvgIpc) is 3.13. The van der Waals surface area contributed by atoms with Crippen LogP contribution in [0.4, 0.5) is 5.82 Å². The van der Waals surface area contributed by atoms with Crippen molar-refractivity contribution in [1.82, 2.24) is 19.7 Å². The van der Waals surface area contributed by atoms with Gasteiger partial charge in [-0.3, -0.25) is 4.79 Å². The maximum atomic E-state index is 13.1. The zero-order valence-corrected chi connectivity index (χ0v) is 16.7. The molecule has 0 bridgehead atoms. The van der Waals surface area contributed by atoms with Crippen LogP contribution in [-0.2, 0) is 0 Å². The molecule has 6 heteroatoms. The van der Waals surface area contributed by atoms with E-state index < -0.39 is 0 Å². The van der Waals surface area contributed by atoms with E-state index >= 15 is 0 Å². The number of aromatic nitrogens is 3. The molecule has 3 heterocycles. The first-order valence-electron chi connectivity index (χ1n) is 9.98. The van der Waals surface area contributed by atoms with Gasteiger partial charge in [-0.15, -0.1) is 5.10 Å². The summed E-state index contributed by atoms with van der Waals surface area (Å²) in [6.07, 6.45) is 3.66. The van der Waals surface area contributed by atoms with Crippen molar-refractivity contribution in [2.75, 3.05) is 25.5 Å². The lowest BCUT2D eigenvalue weighted by Gasteiger charge is -2.34. The molecule has 0 radical (unpaired) electrons. The summed E-state index contributed by atoms with van der Waals surface area (Å²) in [6, 6.07) is 13.0. The summed E-state index contributed by atoms with van der Waals surface area (Å²) < 4.78 is 2.43. The van der Waals surface area contributed by atoms with Crippen molar-refractivity contribution >= 4 is 22.6 Å². The monoisotopic (exact) mass is 377 g/mol. The van der Waals surface area contributed by atoms with Crippen molar-refractivity contribution in [1.29, 1.82) is 0 Å². The molecule has 1 aromatic carbocycles. The Morgan fingerprint density at radius 3 is 2.86 bits per heavy atom. The SMILES string of the molecule is CNc1cc(C(=O)N2CCCC(c3cc4ccccc4n3C(C)C)C2)cnn1. The Morgan fingerprint density at radius 2 is 2.07 bits per heavy atom. The molecule has 1 atom stereocenters. The number of para-hydroxylation sites is 1. The minimum Gasteiger partial charge on any atom is -0.372 e. The van der Waals surface area contributed by atoms with Crippen LogP contribution in [0.3, 0.4) is 0 Å². The lowest BCUT2D eigenvalue weighted by atomic mass is 9.93. The van der Waals surface area contributed by atoms with Gasteiger partial charge in [-0.2, -0.15) is 5.10 Å². The van der Waals surface area contributed by atoms with E-state index in [1.54, 1.807) is 19.3 Å². The number of hydrogen-bond donors (Lipinski definition) is 1. The number of nitrogens with one attached hydrogen (secondary N) is 1. The van der Waals surface area contributed by atoms with E-state index in [0.717, 1.165) is 25.9 Å². The van der Waals surface area contributed by atoms with Gasteiger partial charge in [0.2, 0.25) is 0 Å². The van der Waals surface area contributed by atoms with Gasteiger partial charge in [-0.25, -0.2) is 0 Å². The highest BCUT2D eigenvalue weighted by Gasteiger charge is 2.28. The van der Waals surface area contributed by atoms with Crippen LogP contribution in [0.15, 0.2) is 42.6 Å². The third kappa shape index (κ3) is 3.35. The quantitative estimate of drug-likeness (QED) is 0.744. The second-order valence-electron chi connectivity index (χ2n) is 7.76. The molecule has 1 aliphatic rings. The van der Waals surface area contributed by atoms with Gasteiger partial charge in [0.15, 0.2) is 0 Å². The highest BCUT2D eigenvalue weighted by molar-refractivity contribution is 5.94. The zero-order valence-electron chi connectivity index (χ0n) is 16.7. The van der Waals surface area contributed by atoms with Crippen LogP contribution in [0.2, 0.25) is 0 Å². The molecule has 1 fully saturated rings. The number of hydrogen-bond acceptors (Lipinski definition) is 4. The van der Waals surface area contributed by atoms with Gasteiger partial charge in [0.05, 0.1) is 11.8 Å². The van der Waals surface area contributed by atoms with E-state index in [2.05, 4.69) is 64.3 Å². The first-order valence-corrected chi connectivity index (χ1v) is 9.98. The fourth-order valence-corrected chi connectivity index (χ4v) is 4.28. The van der Waals surface area contributed by atoms with Crippen LogP contribution < -0.4 is 5.32 Å². The van der Waals surface area contributed by atoms with E-state index in [4.69, 9.17) is 0 Å². The predicted molar refractivity (Wildman–Crippen MR) is 112 cm³/mol. The highest BCUT2D eigenvalue weighted by Crippen LogP contribution is 2.34. The van der Waals surface area contributed by atoms with Gasteiger partial charge in [0, 0.05) is 43.3 Å². The summed E-state index contributed by atoms with van der Waals surface area (Å²) in [6.45, 7) is 5.97. The number of piperidine rings is 1. The largest absolute Gasteiger partial charge is 0.372 e. The molecular formula is C22H27N5O. The van der Waals surface area contributed by atoms with Crippen LogP contribution in [-0.4, -0.2) is 45.7 Å². The second kappa shape index (κ2) is 7.62. The van der Waals surface area contributed by atoms with Crippen molar-refractivity contribution in [3.63, 3.8) is 0 Å². The number of nitrogens with zero attached hydrogens (tertiary/aromatic N) is 4. The van der Waals surface area contributed by atoms with Crippen molar-refractivity contribution < 1.29 is 4.79 Å². The molecule has 4 rings (SSSR count). The standard InChI is InChI=1S/C22H27N5O/c1-15(2)27-19-9-5-4-7-16(19)11-20(27)17-8-6-10-26(14-17)22(28)18-12-21(23-3)25-24-13-18/h4-5,7,9,11-13,15,17H,6,8,10,14H2,1-3H3,(H,23,25). The van der Waals surface area contributed by atoms with Gasteiger partial charge in [-0.1, -0.05) is 18.2 Å². The maximum absolute atomic E-state index is 13.1. The smallest absolute Gasteiger partial charge is 0.255 e. The molecule has 146 valence electrons. The van der Waals surface area contributed by atoms with E-state index in [-0.39, 0.29) is 5.91 Å². The van der Waals surface area contributed by atoms with Gasteiger partial charge in [-0.05, 0) is 50.3 Å². The molecule has 1 saturated heterocycles. The summed E-state index contributed by atoms with van der Waals surface area (Å²) >= 11 is 0. The molecule has 1 aliphatic heterocycles. The molecule has 0 saturated carbocycles. The van der Waals surface area contributed by atoms with Crippen molar-refractivity contribution in [2.45, 2.75) is 38.6 Å². The number of rotatable bonds is 4. The molecule has 3 aromatic rings. The number of carbonyl (C=O) groups is 1. The highest BCUT2D eigenvalue weighted by atomic mass is 16.2. The Hall–Kier alpha value is -2.89. The number of anilines is 1. The predicted octanol–water partition coefficient (Wildman–Crippen LogP) is 4.07. The van der Waals surface area contributed by atoms with Crippen LogP contribution in [0.1, 0.15) is 54.7 Å². The second-order valence-corrected chi connectivity index (χ2v) is 7.76. The Labute approximate surface area is 165 Å². The summed E-state index contributed by atoms with van der Waals surface area (Å²) in [5.74, 6) is 0.980. The molecule has 28 heavy (non-hydrogen) atoms. The normalized spacial score (nSPS) is 17.3. The zero-order chi connectivity index (χ0) is 19.7. The third-order valence-electron chi connectivity index (χ3n) is 5.58. The molecule has 6 nitrogen and oxygen atoms in total. The van der Waals surface area contributed by atoms with E-state index in [0.29, 0.717) is 23.3 Å². The lowest BCUT2D eigenvalue weighted by Crippen LogP contribution is -2.39. The molecule has 1 N–H and O–H groups in total. The van der Waals surface area contributed by atoms with E-state index in [9.17, 15) is 4.79 Å². The van der Waals surface area contributed by atoms with Crippen LogP contribution in [0.5, 0.6) is 0 Å². The fourth-order valence-electron chi connectivity index (χ4n) is 4.28. The Morgan fingerprint density at radius 1 is 1.25 bits per heavy atom. The van der Waals surface area contributed by atoms with Crippen LogP contribution >= 0.6 is 0 Å². The number of fused-ring (bicyclic) bond motifs is 1. The Balaban J connectivity index is 1.63.